The second-order valence-electron chi connectivity index (χ2n) is 11.0. The van der Waals surface area contributed by atoms with Crippen molar-refractivity contribution in [3.8, 4) is 0 Å². The Hall–Kier alpha value is 0.0700. The largest absolute Gasteiger partial charge is 0.390 e. The first-order valence-corrected chi connectivity index (χ1v) is 12.8. The molecule has 4 rings (SSSR count). The molecule has 160 valence electrons. The van der Waals surface area contributed by atoms with Crippen molar-refractivity contribution in [1.29, 1.82) is 0 Å². The Balaban J connectivity index is 1.63. The Morgan fingerprint density at radius 1 is 1.07 bits per heavy atom. The zero-order valence-electron chi connectivity index (χ0n) is 18.0. The summed E-state index contributed by atoms with van der Waals surface area (Å²) in [5.41, 5.74) is -0.0526. The minimum absolute atomic E-state index is 0.200. The normalized spacial score (nSPS) is 50.5. The van der Waals surface area contributed by atoms with Gasteiger partial charge in [0.1, 0.15) is 5.78 Å². The van der Waals surface area contributed by atoms with Crippen molar-refractivity contribution in [2.45, 2.75) is 84.2 Å². The molecule has 4 aliphatic rings. The van der Waals surface area contributed by atoms with Gasteiger partial charge in [0.25, 0.3) is 0 Å². The maximum atomic E-state index is 12.6. The lowest BCUT2D eigenvalue weighted by Crippen LogP contribution is -2.58. The van der Waals surface area contributed by atoms with Gasteiger partial charge in [-0.25, -0.2) is 0 Å². The molecule has 0 spiro atoms. The predicted octanol–water partition coefficient (Wildman–Crippen LogP) is 5.38. The minimum Gasteiger partial charge on any atom is -0.390 e. The lowest BCUT2D eigenvalue weighted by atomic mass is 9.43. The Bertz CT molecular complexity index is 605. The van der Waals surface area contributed by atoms with Crippen LogP contribution in [0.1, 0.15) is 78.6 Å². The van der Waals surface area contributed by atoms with E-state index in [1.54, 1.807) is 0 Å². The van der Waals surface area contributed by atoms with Gasteiger partial charge in [-0.1, -0.05) is 22.9 Å². The number of carbonyl (C=O) groups is 1. The van der Waals surface area contributed by atoms with Gasteiger partial charge in [-0.05, 0) is 106 Å². The van der Waals surface area contributed by atoms with E-state index >= 15 is 0 Å². The van der Waals surface area contributed by atoms with Crippen molar-refractivity contribution in [1.82, 2.24) is 0 Å². The second kappa shape index (κ2) is 7.64. The van der Waals surface area contributed by atoms with E-state index in [4.69, 9.17) is 4.74 Å². The highest BCUT2D eigenvalue weighted by atomic mass is 79.9. The van der Waals surface area contributed by atoms with E-state index in [1.807, 2.05) is 6.92 Å². The number of ketones is 1. The van der Waals surface area contributed by atoms with Crippen molar-refractivity contribution in [2.75, 3.05) is 18.5 Å². The first-order chi connectivity index (χ1) is 13.3. The number of fused-ring (bicyclic) bond motifs is 5. The highest BCUT2D eigenvalue weighted by Crippen LogP contribution is 2.68. The van der Waals surface area contributed by atoms with Gasteiger partial charge in [-0.3, -0.25) is 4.79 Å². The van der Waals surface area contributed by atoms with Gasteiger partial charge in [0, 0.05) is 12.5 Å². The molecule has 0 radical (unpaired) electrons. The number of hydrogen-bond donors (Lipinski definition) is 1. The van der Waals surface area contributed by atoms with E-state index in [0.717, 1.165) is 44.8 Å². The van der Waals surface area contributed by atoms with Crippen molar-refractivity contribution >= 4 is 21.7 Å². The van der Waals surface area contributed by atoms with Crippen LogP contribution in [0.3, 0.4) is 0 Å². The fourth-order valence-electron chi connectivity index (χ4n) is 8.43. The molecule has 4 fully saturated rings. The number of rotatable bonds is 5. The predicted molar refractivity (Wildman–Crippen MR) is 115 cm³/mol. The summed E-state index contributed by atoms with van der Waals surface area (Å²) in [6.07, 6.45) is 10.2. The van der Waals surface area contributed by atoms with Crippen LogP contribution in [0, 0.1) is 40.4 Å². The molecule has 28 heavy (non-hydrogen) atoms. The van der Waals surface area contributed by atoms with Crippen LogP contribution in [0.15, 0.2) is 0 Å². The van der Waals surface area contributed by atoms with Gasteiger partial charge in [0.15, 0.2) is 0 Å². The molecule has 8 atom stereocenters. The Labute approximate surface area is 179 Å². The molecule has 0 aromatic heterocycles. The summed E-state index contributed by atoms with van der Waals surface area (Å²) < 4.78 is 6.12. The Kier molecular flexibility index (Phi) is 5.81. The van der Waals surface area contributed by atoms with Crippen LogP contribution in [-0.4, -0.2) is 35.0 Å². The third-order valence-corrected chi connectivity index (χ3v) is 10.3. The summed E-state index contributed by atoms with van der Waals surface area (Å²) in [5, 5.41) is 11.3. The number of halogens is 1. The lowest BCUT2D eigenvalue weighted by Gasteiger charge is -2.62. The lowest BCUT2D eigenvalue weighted by molar-refractivity contribution is -0.178. The molecule has 0 bridgehead atoms. The number of Topliss-reactive ketones (excluding diaryl/α,β-unsaturated/α-hetero) is 1. The molecule has 0 amide bonds. The Morgan fingerprint density at radius 3 is 2.57 bits per heavy atom. The zero-order chi connectivity index (χ0) is 20.2. The summed E-state index contributed by atoms with van der Waals surface area (Å²) in [7, 11) is 0. The average Bonchev–Trinajstić information content (AvgIpc) is 3.02. The summed E-state index contributed by atoms with van der Waals surface area (Å²) in [5.74, 6) is 3.42. The van der Waals surface area contributed by atoms with Crippen molar-refractivity contribution in [2.24, 2.45) is 40.4 Å². The fraction of sp³-hybridized carbons (Fsp3) is 0.958. The van der Waals surface area contributed by atoms with Gasteiger partial charge in [0.2, 0.25) is 0 Å². The number of hydrogen-bond acceptors (Lipinski definition) is 3. The maximum Gasteiger partial charge on any atom is 0.147 e. The molecule has 1 N–H and O–H groups in total. The van der Waals surface area contributed by atoms with E-state index in [-0.39, 0.29) is 16.7 Å². The molecular weight excluding hydrogens is 416 g/mol. The SMILES string of the molecule is CCOC[C@]12CC[C@@](C)(O)C[C@@H]1CC[C@H]1[C@@H]3CC[C@H](C(=O)CBr)[C@@]3(C)CC[C@@H]12. The summed E-state index contributed by atoms with van der Waals surface area (Å²) in [4.78, 5) is 12.6. The summed E-state index contributed by atoms with van der Waals surface area (Å²) in [6.45, 7) is 8.23. The van der Waals surface area contributed by atoms with Gasteiger partial charge in [-0.2, -0.15) is 0 Å². The van der Waals surface area contributed by atoms with Crippen molar-refractivity contribution in [3.63, 3.8) is 0 Å². The molecule has 0 saturated heterocycles. The van der Waals surface area contributed by atoms with E-state index in [0.29, 0.717) is 28.9 Å². The Morgan fingerprint density at radius 2 is 1.86 bits per heavy atom. The number of alkyl halides is 1. The highest BCUT2D eigenvalue weighted by molar-refractivity contribution is 9.09. The summed E-state index contributed by atoms with van der Waals surface area (Å²) >= 11 is 3.44. The number of ether oxygens (including phenoxy) is 1. The highest BCUT2D eigenvalue weighted by Gasteiger charge is 2.63. The van der Waals surface area contributed by atoms with E-state index < -0.39 is 5.60 Å². The van der Waals surface area contributed by atoms with Crippen molar-refractivity contribution in [3.05, 3.63) is 0 Å². The third-order valence-electron chi connectivity index (χ3n) is 9.75. The second-order valence-corrected chi connectivity index (χ2v) is 11.6. The topological polar surface area (TPSA) is 46.5 Å². The molecule has 4 saturated carbocycles. The molecular formula is C24H39BrO3. The van der Waals surface area contributed by atoms with Gasteiger partial charge in [0.05, 0.1) is 17.5 Å². The van der Waals surface area contributed by atoms with Crippen LogP contribution in [0.2, 0.25) is 0 Å². The van der Waals surface area contributed by atoms with E-state index in [1.165, 1.54) is 32.1 Å². The minimum atomic E-state index is -0.503. The molecule has 0 unspecified atom stereocenters. The van der Waals surface area contributed by atoms with Crippen LogP contribution in [-0.2, 0) is 9.53 Å². The molecule has 0 aromatic carbocycles. The smallest absolute Gasteiger partial charge is 0.147 e. The fourth-order valence-corrected chi connectivity index (χ4v) is 8.82. The number of aliphatic hydroxyl groups is 1. The van der Waals surface area contributed by atoms with Crippen LogP contribution >= 0.6 is 15.9 Å². The first kappa shape index (κ1) is 21.3. The molecule has 4 heteroatoms. The monoisotopic (exact) mass is 454 g/mol. The van der Waals surface area contributed by atoms with Gasteiger partial charge < -0.3 is 9.84 Å². The maximum absolute atomic E-state index is 12.6. The average molecular weight is 455 g/mol. The quantitative estimate of drug-likeness (QED) is 0.567. The molecule has 3 nitrogen and oxygen atoms in total. The molecule has 0 aliphatic heterocycles. The van der Waals surface area contributed by atoms with Gasteiger partial charge >= 0.3 is 0 Å². The first-order valence-electron chi connectivity index (χ1n) is 11.7. The van der Waals surface area contributed by atoms with Crippen LogP contribution < -0.4 is 0 Å². The standard InChI is InChI=1S/C24H39BrO3/c1-4-28-15-24-12-11-22(2,27)13-16(24)5-6-17-18-7-8-20(21(26)14-25)23(18,3)10-9-19(17)24/h16-20,27H,4-15H2,1-3H3/t16-,17-,18-,19-,20+,22+,23-,24+/m0/s1. The van der Waals surface area contributed by atoms with E-state index in [2.05, 4.69) is 29.8 Å². The van der Waals surface area contributed by atoms with Crippen LogP contribution in [0.25, 0.3) is 0 Å². The van der Waals surface area contributed by atoms with Crippen molar-refractivity contribution < 1.29 is 14.6 Å². The van der Waals surface area contributed by atoms with Crippen LogP contribution in [0.5, 0.6) is 0 Å². The number of carbonyl (C=O) groups excluding carboxylic acids is 1. The van der Waals surface area contributed by atoms with Crippen LogP contribution in [0.4, 0.5) is 0 Å². The molecule has 4 aliphatic carbocycles. The zero-order valence-corrected chi connectivity index (χ0v) is 19.6. The molecule has 0 aromatic rings. The molecule has 0 heterocycles. The van der Waals surface area contributed by atoms with E-state index in [9.17, 15) is 9.90 Å². The van der Waals surface area contributed by atoms with Gasteiger partial charge in [-0.15, -0.1) is 0 Å². The third kappa shape index (κ3) is 3.24. The summed E-state index contributed by atoms with van der Waals surface area (Å²) in [6, 6.07) is 0.